The lowest BCUT2D eigenvalue weighted by atomic mass is 9.70. The molecule has 1 saturated heterocycles. The van der Waals surface area contributed by atoms with Crippen molar-refractivity contribution in [1.82, 2.24) is 10.3 Å². The SMILES string of the molecule is CC1C2=C(NN1c1ccc(OCCCN3CCCC3)cc1)C1CCCCC1CC2. The van der Waals surface area contributed by atoms with Gasteiger partial charge in [0.05, 0.1) is 18.3 Å². The molecular weight excluding hydrogens is 358 g/mol. The van der Waals surface area contributed by atoms with E-state index in [1.807, 2.05) is 0 Å². The molecule has 2 fully saturated rings. The fourth-order valence-electron chi connectivity index (χ4n) is 6.09. The number of allylic oxidation sites excluding steroid dienone is 1. The van der Waals surface area contributed by atoms with E-state index in [0.29, 0.717) is 6.04 Å². The third-order valence-electron chi connectivity index (χ3n) is 7.74. The van der Waals surface area contributed by atoms with Gasteiger partial charge in [0.25, 0.3) is 0 Å². The Morgan fingerprint density at radius 1 is 1.00 bits per heavy atom. The number of fused-ring (bicyclic) bond motifs is 2. The average Bonchev–Trinajstić information content (AvgIpc) is 3.40. The van der Waals surface area contributed by atoms with Crippen molar-refractivity contribution in [3.05, 3.63) is 35.5 Å². The normalized spacial score (nSPS) is 29.6. The third-order valence-corrected chi connectivity index (χ3v) is 7.74. The van der Waals surface area contributed by atoms with E-state index in [9.17, 15) is 0 Å². The first-order valence-corrected chi connectivity index (χ1v) is 12.0. The van der Waals surface area contributed by atoms with Crippen LogP contribution in [0.4, 0.5) is 5.69 Å². The number of ether oxygens (including phenoxy) is 1. The van der Waals surface area contributed by atoms with Gasteiger partial charge >= 0.3 is 0 Å². The first-order valence-electron chi connectivity index (χ1n) is 12.0. The summed E-state index contributed by atoms with van der Waals surface area (Å²) in [5, 5.41) is 2.39. The second-order valence-electron chi connectivity index (χ2n) is 9.53. The summed E-state index contributed by atoms with van der Waals surface area (Å²) >= 11 is 0. The van der Waals surface area contributed by atoms with E-state index < -0.39 is 0 Å². The molecule has 1 saturated carbocycles. The van der Waals surface area contributed by atoms with E-state index in [1.165, 1.54) is 76.7 Å². The maximum Gasteiger partial charge on any atom is 0.119 e. The Bertz CT molecular complexity index is 722. The zero-order valence-corrected chi connectivity index (χ0v) is 18.0. The van der Waals surface area contributed by atoms with Gasteiger partial charge < -0.3 is 15.1 Å². The van der Waals surface area contributed by atoms with Crippen LogP contribution >= 0.6 is 0 Å². The molecule has 0 bridgehead atoms. The van der Waals surface area contributed by atoms with Crippen LogP contribution in [-0.4, -0.2) is 37.2 Å². The minimum absolute atomic E-state index is 0.458. The largest absolute Gasteiger partial charge is 0.494 e. The Morgan fingerprint density at radius 2 is 1.79 bits per heavy atom. The highest BCUT2D eigenvalue weighted by molar-refractivity contribution is 5.54. The van der Waals surface area contributed by atoms with Crippen molar-refractivity contribution in [2.24, 2.45) is 11.8 Å². The number of nitrogens with one attached hydrogen (secondary N) is 1. The van der Waals surface area contributed by atoms with Gasteiger partial charge in [-0.1, -0.05) is 12.8 Å². The Hall–Kier alpha value is -1.68. The molecule has 158 valence electrons. The second-order valence-corrected chi connectivity index (χ2v) is 9.53. The van der Waals surface area contributed by atoms with Crippen LogP contribution in [0, 0.1) is 11.8 Å². The van der Waals surface area contributed by atoms with E-state index in [-0.39, 0.29) is 0 Å². The highest BCUT2D eigenvalue weighted by Gasteiger charge is 2.40. The third kappa shape index (κ3) is 4.01. The standard InChI is InChI=1S/C25H37N3O/c1-19-23-14-9-20-7-2-3-8-24(20)25(23)26-28(19)21-10-12-22(13-11-21)29-18-6-17-27-15-4-5-16-27/h10-13,19-20,24,26H,2-9,14-18H2,1H3. The van der Waals surface area contributed by atoms with Gasteiger partial charge in [0.2, 0.25) is 0 Å². The summed E-state index contributed by atoms with van der Waals surface area (Å²) in [4.78, 5) is 2.55. The van der Waals surface area contributed by atoms with E-state index >= 15 is 0 Å². The lowest BCUT2D eigenvalue weighted by molar-refractivity contribution is 0.236. The molecule has 0 amide bonds. The summed E-state index contributed by atoms with van der Waals surface area (Å²) in [6, 6.07) is 9.17. The maximum absolute atomic E-state index is 6.00. The fraction of sp³-hybridized carbons (Fsp3) is 0.680. The summed E-state index contributed by atoms with van der Waals surface area (Å²) < 4.78 is 6.00. The van der Waals surface area contributed by atoms with Crippen LogP contribution in [-0.2, 0) is 0 Å². The molecule has 2 heterocycles. The smallest absolute Gasteiger partial charge is 0.119 e. The van der Waals surface area contributed by atoms with Gasteiger partial charge in [0.1, 0.15) is 5.75 Å². The summed E-state index contributed by atoms with van der Waals surface area (Å²) in [6.45, 7) is 6.89. The molecule has 29 heavy (non-hydrogen) atoms. The minimum Gasteiger partial charge on any atom is -0.494 e. The van der Waals surface area contributed by atoms with Crippen molar-refractivity contribution in [1.29, 1.82) is 0 Å². The molecule has 1 N–H and O–H groups in total. The molecular formula is C25H37N3O. The van der Waals surface area contributed by atoms with Crippen molar-refractivity contribution >= 4 is 5.69 Å². The zero-order valence-electron chi connectivity index (χ0n) is 18.0. The molecule has 3 unspecified atom stereocenters. The van der Waals surface area contributed by atoms with Crippen molar-refractivity contribution in [3.63, 3.8) is 0 Å². The molecule has 4 nitrogen and oxygen atoms in total. The molecule has 1 aromatic rings. The van der Waals surface area contributed by atoms with Crippen LogP contribution < -0.4 is 15.2 Å². The van der Waals surface area contributed by atoms with Crippen molar-refractivity contribution < 1.29 is 4.74 Å². The molecule has 4 heteroatoms. The van der Waals surface area contributed by atoms with Crippen molar-refractivity contribution in [2.75, 3.05) is 31.3 Å². The molecule has 2 aliphatic heterocycles. The Balaban J connectivity index is 1.16. The number of rotatable bonds is 6. The van der Waals surface area contributed by atoms with Crippen LogP contribution in [0.5, 0.6) is 5.75 Å². The predicted octanol–water partition coefficient (Wildman–Crippen LogP) is 5.12. The number of hydrogen-bond acceptors (Lipinski definition) is 4. The topological polar surface area (TPSA) is 27.7 Å². The molecule has 1 aromatic carbocycles. The second kappa shape index (κ2) is 8.59. The minimum atomic E-state index is 0.458. The summed E-state index contributed by atoms with van der Waals surface area (Å²) in [7, 11) is 0. The first-order chi connectivity index (χ1) is 14.3. The van der Waals surface area contributed by atoms with Crippen molar-refractivity contribution in [3.8, 4) is 5.75 Å². The molecule has 0 spiro atoms. The average molecular weight is 396 g/mol. The lowest BCUT2D eigenvalue weighted by Crippen LogP contribution is -2.39. The van der Waals surface area contributed by atoms with Gasteiger partial charge in [-0.05, 0) is 101 Å². The quantitative estimate of drug-likeness (QED) is 0.677. The molecule has 0 radical (unpaired) electrons. The van der Waals surface area contributed by atoms with E-state index in [1.54, 1.807) is 11.3 Å². The number of nitrogens with zero attached hydrogens (tertiary/aromatic N) is 2. The Morgan fingerprint density at radius 3 is 2.62 bits per heavy atom. The summed E-state index contributed by atoms with van der Waals surface area (Å²) in [5.74, 6) is 2.68. The zero-order chi connectivity index (χ0) is 19.6. The maximum atomic E-state index is 6.00. The van der Waals surface area contributed by atoms with Gasteiger partial charge in [0, 0.05) is 18.2 Å². The molecule has 0 aromatic heterocycles. The van der Waals surface area contributed by atoms with Crippen molar-refractivity contribution in [2.45, 2.75) is 70.8 Å². The highest BCUT2D eigenvalue weighted by Crippen LogP contribution is 2.46. The number of hydrogen-bond donors (Lipinski definition) is 1. The lowest BCUT2D eigenvalue weighted by Gasteiger charge is -2.36. The van der Waals surface area contributed by atoms with Crippen LogP contribution in [0.15, 0.2) is 35.5 Å². The molecule has 4 aliphatic rings. The number of anilines is 1. The van der Waals surface area contributed by atoms with Crippen LogP contribution in [0.3, 0.4) is 0 Å². The summed E-state index contributed by atoms with van der Waals surface area (Å²) in [6.07, 6.45) is 12.2. The van der Waals surface area contributed by atoms with E-state index in [0.717, 1.165) is 30.6 Å². The number of benzene rings is 1. The predicted molar refractivity (Wildman–Crippen MR) is 119 cm³/mol. The Kier molecular flexibility index (Phi) is 5.72. The number of hydrazine groups is 1. The highest BCUT2D eigenvalue weighted by atomic mass is 16.5. The first kappa shape index (κ1) is 19.3. The van der Waals surface area contributed by atoms with E-state index in [4.69, 9.17) is 4.74 Å². The fourth-order valence-corrected chi connectivity index (χ4v) is 6.09. The van der Waals surface area contributed by atoms with E-state index in [2.05, 4.69) is 46.5 Å². The van der Waals surface area contributed by atoms with Gasteiger partial charge in [-0.15, -0.1) is 0 Å². The monoisotopic (exact) mass is 395 g/mol. The van der Waals surface area contributed by atoms with Crippen LogP contribution in [0.1, 0.15) is 64.7 Å². The van der Waals surface area contributed by atoms with Crippen LogP contribution in [0.25, 0.3) is 0 Å². The van der Waals surface area contributed by atoms with Gasteiger partial charge in [0.15, 0.2) is 0 Å². The molecule has 2 aliphatic carbocycles. The summed E-state index contributed by atoms with van der Waals surface area (Å²) in [5.41, 5.74) is 8.31. The molecule has 5 rings (SSSR count). The Labute approximate surface area is 176 Å². The van der Waals surface area contributed by atoms with Crippen LogP contribution in [0.2, 0.25) is 0 Å². The van der Waals surface area contributed by atoms with Gasteiger partial charge in [-0.25, -0.2) is 0 Å². The molecule has 3 atom stereocenters. The number of likely N-dealkylation sites (tertiary alicyclic amines) is 1. The van der Waals surface area contributed by atoms with Gasteiger partial charge in [-0.2, -0.15) is 0 Å². The van der Waals surface area contributed by atoms with Gasteiger partial charge in [-0.3, -0.25) is 5.01 Å².